The summed E-state index contributed by atoms with van der Waals surface area (Å²) in [5, 5.41) is 3.54. The van der Waals surface area contributed by atoms with Crippen LogP contribution in [0.2, 0.25) is 0 Å². The van der Waals surface area contributed by atoms with Crippen molar-refractivity contribution >= 4 is 17.2 Å². The van der Waals surface area contributed by atoms with Gasteiger partial charge in [0.25, 0.3) is 11.1 Å². The van der Waals surface area contributed by atoms with Gasteiger partial charge in [-0.25, -0.2) is 4.98 Å². The molecule has 0 aromatic carbocycles. The van der Waals surface area contributed by atoms with Crippen molar-refractivity contribution in [1.82, 2.24) is 20.2 Å². The summed E-state index contributed by atoms with van der Waals surface area (Å²) in [4.78, 5) is 24.8. The molecule has 2 aliphatic rings. The highest BCUT2D eigenvalue weighted by Gasteiger charge is 2.28. The lowest BCUT2D eigenvalue weighted by atomic mass is 9.84. The van der Waals surface area contributed by atoms with Gasteiger partial charge in [-0.2, -0.15) is 13.2 Å². The summed E-state index contributed by atoms with van der Waals surface area (Å²) in [7, 11) is 0. The average Bonchev–Trinajstić information content (AvgIpc) is 3.10. The van der Waals surface area contributed by atoms with Gasteiger partial charge in [0.05, 0.1) is 24.3 Å². The van der Waals surface area contributed by atoms with Crippen LogP contribution in [0, 0.1) is 12.8 Å². The number of pyridine rings is 1. The molecule has 0 radical (unpaired) electrons. The van der Waals surface area contributed by atoms with Crippen LogP contribution >= 0.6 is 11.3 Å². The molecule has 0 atom stereocenters. The van der Waals surface area contributed by atoms with Crippen molar-refractivity contribution in [2.75, 3.05) is 26.2 Å². The summed E-state index contributed by atoms with van der Waals surface area (Å²) < 4.78 is 42.2. The molecule has 35 heavy (non-hydrogen) atoms. The lowest BCUT2D eigenvalue weighted by Gasteiger charge is -2.30. The van der Waals surface area contributed by atoms with E-state index in [-0.39, 0.29) is 18.6 Å². The fourth-order valence-corrected chi connectivity index (χ4v) is 5.84. The number of carbonyl (C=O) groups excluding carboxylic acids is 1. The fraction of sp³-hybridized carbons (Fsp3) is 0.640. The van der Waals surface area contributed by atoms with E-state index < -0.39 is 12.6 Å². The van der Waals surface area contributed by atoms with Gasteiger partial charge in [-0.15, -0.1) is 0 Å². The first kappa shape index (κ1) is 25.9. The summed E-state index contributed by atoms with van der Waals surface area (Å²) in [6.45, 7) is 4.37. The van der Waals surface area contributed by atoms with E-state index >= 15 is 0 Å². The predicted molar refractivity (Wildman–Crippen MR) is 129 cm³/mol. The molecule has 1 saturated carbocycles. The molecule has 6 nitrogen and oxygen atoms in total. The molecule has 1 amide bonds. The molecule has 4 rings (SSSR count). The van der Waals surface area contributed by atoms with Gasteiger partial charge in [-0.1, -0.05) is 11.3 Å². The normalized spacial score (nSPS) is 21.3. The standard InChI is InChI=1S/C25H33F3N4O2S/c1-17-20(3-2-12-29-17)23(33)30-19-6-4-18(5-7-19)8-13-32-14-9-21-22(10-15-32)35-24(31-21)34-16-11-25(26,27)28/h2-3,12,18-19H,4-11,13-16H2,1H3,(H,30,33). The van der Waals surface area contributed by atoms with E-state index in [1.807, 2.05) is 13.0 Å². The first-order valence-corrected chi connectivity index (χ1v) is 13.2. The van der Waals surface area contributed by atoms with Gasteiger partial charge in [-0.3, -0.25) is 9.78 Å². The summed E-state index contributed by atoms with van der Waals surface area (Å²) >= 11 is 1.39. The van der Waals surface area contributed by atoms with Crippen molar-refractivity contribution in [1.29, 1.82) is 0 Å². The van der Waals surface area contributed by atoms with Crippen LogP contribution in [0.1, 0.15) is 65.1 Å². The lowest BCUT2D eigenvalue weighted by molar-refractivity contribution is -0.139. The van der Waals surface area contributed by atoms with Crippen molar-refractivity contribution < 1.29 is 22.7 Å². The van der Waals surface area contributed by atoms with Gasteiger partial charge < -0.3 is 15.0 Å². The largest absolute Gasteiger partial charge is 0.470 e. The highest BCUT2D eigenvalue weighted by molar-refractivity contribution is 7.13. The van der Waals surface area contributed by atoms with Crippen molar-refractivity contribution in [2.24, 2.45) is 5.92 Å². The van der Waals surface area contributed by atoms with Crippen LogP contribution in [0.4, 0.5) is 13.2 Å². The second kappa shape index (κ2) is 11.7. The van der Waals surface area contributed by atoms with E-state index in [0.717, 1.165) is 80.8 Å². The molecule has 0 bridgehead atoms. The summed E-state index contributed by atoms with van der Waals surface area (Å²) in [5.74, 6) is 0.644. The predicted octanol–water partition coefficient (Wildman–Crippen LogP) is 4.96. The second-order valence-corrected chi connectivity index (χ2v) is 10.6. The molecule has 0 spiro atoms. The quantitative estimate of drug-likeness (QED) is 0.544. The van der Waals surface area contributed by atoms with Gasteiger partial charge in [0.15, 0.2) is 0 Å². The van der Waals surface area contributed by atoms with Crippen LogP contribution in [0.3, 0.4) is 0 Å². The number of rotatable bonds is 8. The molecule has 1 aliphatic heterocycles. The second-order valence-electron chi connectivity index (χ2n) is 9.52. The van der Waals surface area contributed by atoms with Crippen LogP contribution < -0.4 is 10.1 Å². The zero-order valence-corrected chi connectivity index (χ0v) is 20.9. The third kappa shape index (κ3) is 7.64. The lowest BCUT2D eigenvalue weighted by Crippen LogP contribution is -2.38. The van der Waals surface area contributed by atoms with Crippen LogP contribution in [0.5, 0.6) is 5.19 Å². The number of hydrogen-bond acceptors (Lipinski definition) is 6. The maximum Gasteiger partial charge on any atom is 0.392 e. The zero-order chi connectivity index (χ0) is 24.8. The number of thiazole rings is 1. The Morgan fingerprint density at radius 1 is 1.23 bits per heavy atom. The molecule has 0 saturated heterocycles. The Morgan fingerprint density at radius 3 is 2.74 bits per heavy atom. The number of halogens is 3. The number of amides is 1. The van der Waals surface area contributed by atoms with Crippen LogP contribution in [0.15, 0.2) is 18.3 Å². The van der Waals surface area contributed by atoms with E-state index in [0.29, 0.717) is 16.7 Å². The number of aryl methyl sites for hydroxylation is 1. The number of alkyl halides is 3. The van der Waals surface area contributed by atoms with Crippen LogP contribution in [-0.2, 0) is 12.8 Å². The summed E-state index contributed by atoms with van der Waals surface area (Å²) in [5.41, 5.74) is 2.38. The number of hydrogen-bond donors (Lipinski definition) is 1. The maximum atomic E-state index is 12.5. The van der Waals surface area contributed by atoms with Gasteiger partial charge in [0.2, 0.25) is 0 Å². The SMILES string of the molecule is Cc1ncccc1C(=O)NC1CCC(CCN2CCc3nc(OCCC(F)(F)F)sc3CC2)CC1. The van der Waals surface area contributed by atoms with E-state index in [1.54, 1.807) is 12.3 Å². The third-order valence-electron chi connectivity index (χ3n) is 6.98. The number of nitrogens with one attached hydrogen (secondary N) is 1. The smallest absolute Gasteiger partial charge is 0.392 e. The molecular weight excluding hydrogens is 477 g/mol. The molecular formula is C25H33F3N4O2S. The fourth-order valence-electron chi connectivity index (χ4n) is 4.87. The minimum absolute atomic E-state index is 0.0291. The van der Waals surface area contributed by atoms with Crippen molar-refractivity contribution in [3.8, 4) is 5.19 Å². The Bertz CT molecular complexity index is 964. The topological polar surface area (TPSA) is 67.4 Å². The molecule has 2 aromatic rings. The van der Waals surface area contributed by atoms with E-state index in [4.69, 9.17) is 4.74 Å². The van der Waals surface area contributed by atoms with Crippen LogP contribution in [-0.4, -0.2) is 59.2 Å². The molecule has 0 unspecified atom stereocenters. The van der Waals surface area contributed by atoms with Gasteiger partial charge >= 0.3 is 6.18 Å². The van der Waals surface area contributed by atoms with Crippen molar-refractivity contribution in [2.45, 2.75) is 70.5 Å². The van der Waals surface area contributed by atoms with E-state index in [9.17, 15) is 18.0 Å². The molecule has 192 valence electrons. The Morgan fingerprint density at radius 2 is 2.00 bits per heavy atom. The monoisotopic (exact) mass is 510 g/mol. The van der Waals surface area contributed by atoms with Crippen molar-refractivity contribution in [3.05, 3.63) is 40.2 Å². The number of carbonyl (C=O) groups is 1. The molecule has 1 fully saturated rings. The Kier molecular flexibility index (Phi) is 8.64. The maximum absolute atomic E-state index is 12.5. The Hall–Kier alpha value is -2.20. The Balaban J connectivity index is 1.15. The van der Waals surface area contributed by atoms with Crippen molar-refractivity contribution in [3.63, 3.8) is 0 Å². The van der Waals surface area contributed by atoms with Crippen LogP contribution in [0.25, 0.3) is 0 Å². The minimum Gasteiger partial charge on any atom is -0.470 e. The molecule has 10 heteroatoms. The molecule has 3 heterocycles. The third-order valence-corrected chi connectivity index (χ3v) is 8.05. The zero-order valence-electron chi connectivity index (χ0n) is 20.1. The molecule has 1 aliphatic carbocycles. The summed E-state index contributed by atoms with van der Waals surface area (Å²) in [6, 6.07) is 3.84. The number of fused-ring (bicyclic) bond motifs is 1. The molecule has 1 N–H and O–H groups in total. The van der Waals surface area contributed by atoms with E-state index in [1.165, 1.54) is 11.3 Å². The van der Waals surface area contributed by atoms with Gasteiger partial charge in [0.1, 0.15) is 0 Å². The first-order valence-electron chi connectivity index (χ1n) is 12.4. The number of ether oxygens (including phenoxy) is 1. The average molecular weight is 511 g/mol. The first-order chi connectivity index (χ1) is 16.8. The van der Waals surface area contributed by atoms with E-state index in [2.05, 4.69) is 20.2 Å². The number of aromatic nitrogens is 2. The van der Waals surface area contributed by atoms with Gasteiger partial charge in [0, 0.05) is 42.3 Å². The highest BCUT2D eigenvalue weighted by atomic mass is 32.1. The highest BCUT2D eigenvalue weighted by Crippen LogP contribution is 2.31. The summed E-state index contributed by atoms with van der Waals surface area (Å²) in [6.07, 6.45) is 3.62. The number of nitrogens with zero attached hydrogens (tertiary/aromatic N) is 3. The minimum atomic E-state index is -4.21. The van der Waals surface area contributed by atoms with Gasteiger partial charge in [-0.05, 0) is 70.0 Å². The molecule has 2 aromatic heterocycles. The Labute approximate surface area is 208 Å².